The van der Waals surface area contributed by atoms with E-state index in [0.717, 1.165) is 18.6 Å². The van der Waals surface area contributed by atoms with Crippen molar-refractivity contribution in [2.24, 2.45) is 5.92 Å². The number of hydrogen-bond acceptors (Lipinski definition) is 3. The summed E-state index contributed by atoms with van der Waals surface area (Å²) in [4.78, 5) is 26.0. The van der Waals surface area contributed by atoms with Crippen LogP contribution in [0.2, 0.25) is 0 Å². The van der Waals surface area contributed by atoms with Crippen LogP contribution >= 0.6 is 0 Å². The molecule has 5 heteroatoms. The fraction of sp³-hybridized carbons (Fsp3) is 0.500. The first-order valence-corrected chi connectivity index (χ1v) is 7.39. The number of rotatable bonds is 4. The van der Waals surface area contributed by atoms with Crippen molar-refractivity contribution in [1.29, 1.82) is 0 Å². The molecule has 5 nitrogen and oxygen atoms in total. The lowest BCUT2D eigenvalue weighted by atomic mass is 9.96. The number of carbonyl (C=O) groups is 2. The third kappa shape index (κ3) is 3.74. The van der Waals surface area contributed by atoms with E-state index in [4.69, 9.17) is 4.74 Å². The van der Waals surface area contributed by atoms with Crippen molar-refractivity contribution < 1.29 is 14.3 Å². The maximum atomic E-state index is 12.5. The molecule has 1 atom stereocenters. The Morgan fingerprint density at radius 2 is 2.05 bits per heavy atom. The average Bonchev–Trinajstić information content (AvgIpc) is 2.54. The lowest BCUT2D eigenvalue weighted by Gasteiger charge is -2.31. The van der Waals surface area contributed by atoms with E-state index in [1.807, 2.05) is 6.92 Å². The van der Waals surface area contributed by atoms with Gasteiger partial charge in [-0.25, -0.2) is 0 Å². The Kier molecular flexibility index (Phi) is 5.20. The molecule has 1 fully saturated rings. The number of nitrogens with one attached hydrogen (secondary N) is 1. The molecule has 0 spiro atoms. The quantitative estimate of drug-likeness (QED) is 0.918. The molecule has 0 bridgehead atoms. The second-order valence-electron chi connectivity index (χ2n) is 5.16. The molecule has 1 N–H and O–H groups in total. The first kappa shape index (κ1) is 15.4. The molecule has 1 aliphatic rings. The second kappa shape index (κ2) is 7.11. The average molecular weight is 290 g/mol. The van der Waals surface area contributed by atoms with E-state index in [-0.39, 0.29) is 17.7 Å². The second-order valence-corrected chi connectivity index (χ2v) is 5.16. The third-order valence-electron chi connectivity index (χ3n) is 3.74. The summed E-state index contributed by atoms with van der Waals surface area (Å²) in [6.07, 6.45) is 1.70. The summed E-state index contributed by atoms with van der Waals surface area (Å²) in [5, 5.41) is 2.66. The van der Waals surface area contributed by atoms with Gasteiger partial charge >= 0.3 is 0 Å². The van der Waals surface area contributed by atoms with Gasteiger partial charge in [0.2, 0.25) is 5.91 Å². The summed E-state index contributed by atoms with van der Waals surface area (Å²) in [5.41, 5.74) is 0.635. The molecule has 1 aliphatic heterocycles. The Hall–Kier alpha value is -2.04. The van der Waals surface area contributed by atoms with Gasteiger partial charge in [0.15, 0.2) is 0 Å². The summed E-state index contributed by atoms with van der Waals surface area (Å²) >= 11 is 0. The van der Waals surface area contributed by atoms with Crippen LogP contribution in [0.3, 0.4) is 0 Å². The SMILES string of the molecule is CCOc1ccc(C(=O)N2CCCC(C(=O)NC)C2)cc1. The molecule has 0 saturated carbocycles. The number of hydrogen-bond donors (Lipinski definition) is 1. The number of nitrogens with zero attached hydrogens (tertiary/aromatic N) is 1. The van der Waals surface area contributed by atoms with Crippen LogP contribution in [0.15, 0.2) is 24.3 Å². The standard InChI is InChI=1S/C16H22N2O3/c1-3-21-14-8-6-12(7-9-14)16(20)18-10-4-5-13(11-18)15(19)17-2/h6-9,13H,3-5,10-11H2,1-2H3,(H,17,19). The Labute approximate surface area is 125 Å². The molecular weight excluding hydrogens is 268 g/mol. The molecule has 0 radical (unpaired) electrons. The monoisotopic (exact) mass is 290 g/mol. The van der Waals surface area contributed by atoms with Crippen LogP contribution in [0.5, 0.6) is 5.75 Å². The molecule has 2 rings (SSSR count). The van der Waals surface area contributed by atoms with Gasteiger partial charge in [-0.05, 0) is 44.0 Å². The van der Waals surface area contributed by atoms with Crippen LogP contribution in [-0.4, -0.2) is 43.5 Å². The lowest BCUT2D eigenvalue weighted by Crippen LogP contribution is -2.44. The van der Waals surface area contributed by atoms with Crippen molar-refractivity contribution in [1.82, 2.24) is 10.2 Å². The van der Waals surface area contributed by atoms with Crippen LogP contribution in [0, 0.1) is 5.92 Å². The summed E-state index contributed by atoms with van der Waals surface area (Å²) in [6.45, 7) is 3.73. The van der Waals surface area contributed by atoms with E-state index in [9.17, 15) is 9.59 Å². The minimum Gasteiger partial charge on any atom is -0.494 e. The van der Waals surface area contributed by atoms with Gasteiger partial charge in [0.05, 0.1) is 12.5 Å². The minimum atomic E-state index is -0.101. The van der Waals surface area contributed by atoms with Gasteiger partial charge in [-0.1, -0.05) is 0 Å². The molecule has 1 saturated heterocycles. The highest BCUT2D eigenvalue weighted by molar-refractivity contribution is 5.94. The highest BCUT2D eigenvalue weighted by Gasteiger charge is 2.28. The zero-order chi connectivity index (χ0) is 15.2. The van der Waals surface area contributed by atoms with Crippen molar-refractivity contribution in [3.8, 4) is 5.75 Å². The predicted molar refractivity (Wildman–Crippen MR) is 80.3 cm³/mol. The number of benzene rings is 1. The molecule has 0 aliphatic carbocycles. The molecule has 1 heterocycles. The van der Waals surface area contributed by atoms with Crippen molar-refractivity contribution in [3.63, 3.8) is 0 Å². The van der Waals surface area contributed by atoms with Crippen LogP contribution in [0.1, 0.15) is 30.1 Å². The summed E-state index contributed by atoms with van der Waals surface area (Å²) in [7, 11) is 1.63. The van der Waals surface area contributed by atoms with E-state index in [1.165, 1.54) is 0 Å². The molecule has 2 amide bonds. The van der Waals surface area contributed by atoms with Gasteiger partial charge in [0.1, 0.15) is 5.75 Å². The van der Waals surface area contributed by atoms with E-state index in [2.05, 4.69) is 5.32 Å². The van der Waals surface area contributed by atoms with Crippen molar-refractivity contribution in [3.05, 3.63) is 29.8 Å². The zero-order valence-electron chi connectivity index (χ0n) is 12.6. The van der Waals surface area contributed by atoms with E-state index < -0.39 is 0 Å². The lowest BCUT2D eigenvalue weighted by molar-refractivity contribution is -0.125. The summed E-state index contributed by atoms with van der Waals surface area (Å²) in [6, 6.07) is 7.15. The molecular formula is C16H22N2O3. The summed E-state index contributed by atoms with van der Waals surface area (Å²) < 4.78 is 5.37. The van der Waals surface area contributed by atoms with Gasteiger partial charge in [0.25, 0.3) is 5.91 Å². The third-order valence-corrected chi connectivity index (χ3v) is 3.74. The smallest absolute Gasteiger partial charge is 0.253 e. The van der Waals surface area contributed by atoms with Crippen LogP contribution < -0.4 is 10.1 Å². The first-order valence-electron chi connectivity index (χ1n) is 7.39. The van der Waals surface area contributed by atoms with Crippen LogP contribution in [-0.2, 0) is 4.79 Å². The fourth-order valence-corrected chi connectivity index (χ4v) is 2.62. The van der Waals surface area contributed by atoms with Gasteiger partial charge in [-0.2, -0.15) is 0 Å². The highest BCUT2D eigenvalue weighted by Crippen LogP contribution is 2.20. The summed E-state index contributed by atoms with van der Waals surface area (Å²) in [5.74, 6) is 0.650. The van der Waals surface area contributed by atoms with Gasteiger partial charge in [0, 0.05) is 25.7 Å². The largest absolute Gasteiger partial charge is 0.494 e. The Morgan fingerprint density at radius 1 is 1.33 bits per heavy atom. The molecule has 1 aromatic carbocycles. The van der Waals surface area contributed by atoms with Crippen LogP contribution in [0.4, 0.5) is 0 Å². The molecule has 114 valence electrons. The number of ether oxygens (including phenoxy) is 1. The maximum absolute atomic E-state index is 12.5. The Balaban J connectivity index is 2.03. The van der Waals surface area contributed by atoms with Gasteiger partial charge in [-0.3, -0.25) is 9.59 Å². The number of piperidine rings is 1. The fourth-order valence-electron chi connectivity index (χ4n) is 2.62. The predicted octanol–water partition coefficient (Wildman–Crippen LogP) is 1.68. The molecule has 0 aromatic heterocycles. The topological polar surface area (TPSA) is 58.6 Å². The zero-order valence-corrected chi connectivity index (χ0v) is 12.6. The van der Waals surface area contributed by atoms with E-state index >= 15 is 0 Å². The van der Waals surface area contributed by atoms with Crippen molar-refractivity contribution in [2.45, 2.75) is 19.8 Å². The Morgan fingerprint density at radius 3 is 2.67 bits per heavy atom. The molecule has 21 heavy (non-hydrogen) atoms. The maximum Gasteiger partial charge on any atom is 0.253 e. The highest BCUT2D eigenvalue weighted by atomic mass is 16.5. The van der Waals surface area contributed by atoms with Gasteiger partial charge in [-0.15, -0.1) is 0 Å². The first-order chi connectivity index (χ1) is 10.2. The molecule has 1 aromatic rings. The normalized spacial score (nSPS) is 18.2. The van der Waals surface area contributed by atoms with Crippen LogP contribution in [0.25, 0.3) is 0 Å². The van der Waals surface area contributed by atoms with Crippen molar-refractivity contribution >= 4 is 11.8 Å². The number of carbonyl (C=O) groups excluding carboxylic acids is 2. The van der Waals surface area contributed by atoms with Gasteiger partial charge < -0.3 is 15.0 Å². The number of amides is 2. The molecule has 1 unspecified atom stereocenters. The van der Waals surface area contributed by atoms with E-state index in [1.54, 1.807) is 36.2 Å². The Bertz CT molecular complexity index is 499. The van der Waals surface area contributed by atoms with Crippen molar-refractivity contribution in [2.75, 3.05) is 26.7 Å². The van der Waals surface area contributed by atoms with E-state index in [0.29, 0.717) is 25.3 Å². The minimum absolute atomic E-state index is 0.0131. The number of likely N-dealkylation sites (tertiary alicyclic amines) is 1.